The molecule has 0 aromatic heterocycles. The van der Waals surface area contributed by atoms with Crippen molar-refractivity contribution in [2.24, 2.45) is 0 Å². The SMILES string of the molecule is OCc1c(O)cc(O)cc1O. The predicted octanol–water partition coefficient (Wildman–Crippen LogP) is 0.296. The van der Waals surface area contributed by atoms with Gasteiger partial charge >= 0.3 is 0 Å². The molecule has 0 heterocycles. The number of hydrogen-bond donors (Lipinski definition) is 4. The average Bonchev–Trinajstić information content (AvgIpc) is 1.85. The summed E-state index contributed by atoms with van der Waals surface area (Å²) in [4.78, 5) is 0. The molecule has 11 heavy (non-hydrogen) atoms. The van der Waals surface area contributed by atoms with E-state index in [4.69, 9.17) is 20.4 Å². The van der Waals surface area contributed by atoms with Crippen molar-refractivity contribution in [2.75, 3.05) is 0 Å². The molecule has 60 valence electrons. The molecule has 0 fully saturated rings. The second-order valence-corrected chi connectivity index (χ2v) is 2.12. The van der Waals surface area contributed by atoms with Gasteiger partial charge in [0.15, 0.2) is 0 Å². The molecule has 4 nitrogen and oxygen atoms in total. The number of aliphatic hydroxyl groups excluding tert-OH is 1. The molecule has 0 spiro atoms. The number of benzene rings is 1. The first-order chi connectivity index (χ1) is 5.15. The molecule has 0 bridgehead atoms. The maximum Gasteiger partial charge on any atom is 0.128 e. The zero-order chi connectivity index (χ0) is 8.43. The van der Waals surface area contributed by atoms with Gasteiger partial charge in [-0.3, -0.25) is 0 Å². The Kier molecular flexibility index (Phi) is 1.87. The van der Waals surface area contributed by atoms with Crippen molar-refractivity contribution in [1.29, 1.82) is 0 Å². The van der Waals surface area contributed by atoms with Gasteiger partial charge in [-0.2, -0.15) is 0 Å². The van der Waals surface area contributed by atoms with Crippen LogP contribution >= 0.6 is 0 Å². The van der Waals surface area contributed by atoms with Crippen LogP contribution in [0.3, 0.4) is 0 Å². The minimum absolute atomic E-state index is 0.0165. The van der Waals surface area contributed by atoms with Gasteiger partial charge in [-0.1, -0.05) is 0 Å². The van der Waals surface area contributed by atoms with Crippen molar-refractivity contribution in [1.82, 2.24) is 0 Å². The zero-order valence-corrected chi connectivity index (χ0v) is 5.65. The molecule has 0 aliphatic rings. The third-order valence-corrected chi connectivity index (χ3v) is 1.35. The van der Waals surface area contributed by atoms with E-state index >= 15 is 0 Å². The van der Waals surface area contributed by atoms with Crippen molar-refractivity contribution < 1.29 is 20.4 Å². The molecule has 0 atom stereocenters. The molecule has 0 unspecified atom stereocenters. The van der Waals surface area contributed by atoms with Crippen LogP contribution in [-0.2, 0) is 6.61 Å². The first-order valence-electron chi connectivity index (χ1n) is 3.00. The van der Waals surface area contributed by atoms with Gasteiger partial charge in [0.05, 0.1) is 12.2 Å². The van der Waals surface area contributed by atoms with Crippen LogP contribution in [0.25, 0.3) is 0 Å². The molecule has 0 saturated carbocycles. The van der Waals surface area contributed by atoms with E-state index in [1.165, 1.54) is 0 Å². The molecule has 1 aromatic carbocycles. The Labute approximate surface area is 63.0 Å². The van der Waals surface area contributed by atoms with Crippen LogP contribution in [0.15, 0.2) is 12.1 Å². The molecule has 0 radical (unpaired) electrons. The highest BCUT2D eigenvalue weighted by Gasteiger charge is 2.07. The van der Waals surface area contributed by atoms with Crippen molar-refractivity contribution in [3.05, 3.63) is 17.7 Å². The zero-order valence-electron chi connectivity index (χ0n) is 5.65. The summed E-state index contributed by atoms with van der Waals surface area (Å²) in [6, 6.07) is 2.09. The van der Waals surface area contributed by atoms with Gasteiger partial charge in [-0.05, 0) is 0 Å². The number of phenolic OH excluding ortho intramolecular Hbond substituents is 1. The van der Waals surface area contributed by atoms with E-state index < -0.39 is 6.61 Å². The lowest BCUT2D eigenvalue weighted by atomic mass is 10.2. The molecule has 0 saturated heterocycles. The fourth-order valence-electron chi connectivity index (χ4n) is 0.789. The Hall–Kier alpha value is -1.42. The largest absolute Gasteiger partial charge is 0.508 e. The minimum atomic E-state index is -0.460. The molecule has 0 aliphatic heterocycles. The van der Waals surface area contributed by atoms with Crippen LogP contribution in [0.5, 0.6) is 17.2 Å². The third kappa shape index (κ3) is 1.35. The topological polar surface area (TPSA) is 80.9 Å². The summed E-state index contributed by atoms with van der Waals surface area (Å²) in [5.74, 6) is -0.868. The van der Waals surface area contributed by atoms with Crippen molar-refractivity contribution >= 4 is 0 Å². The number of hydrogen-bond acceptors (Lipinski definition) is 4. The molecule has 4 N–H and O–H groups in total. The quantitative estimate of drug-likeness (QED) is 0.471. The molecule has 1 aromatic rings. The lowest BCUT2D eigenvalue weighted by Crippen LogP contribution is -1.84. The standard InChI is InChI=1S/C7H8O4/c8-3-5-6(10)1-4(9)2-7(5)11/h1-2,8-11H,3H2. The van der Waals surface area contributed by atoms with Crippen LogP contribution < -0.4 is 0 Å². The molecule has 0 amide bonds. The van der Waals surface area contributed by atoms with Crippen LogP contribution in [-0.4, -0.2) is 20.4 Å². The first-order valence-corrected chi connectivity index (χ1v) is 3.00. The highest BCUT2D eigenvalue weighted by atomic mass is 16.3. The fraction of sp³-hybridized carbons (Fsp3) is 0.143. The van der Waals surface area contributed by atoms with Crippen molar-refractivity contribution in [3.63, 3.8) is 0 Å². The normalized spacial score (nSPS) is 9.91. The van der Waals surface area contributed by atoms with Gasteiger partial charge < -0.3 is 20.4 Å². The Morgan fingerprint density at radius 1 is 1.00 bits per heavy atom. The number of aliphatic hydroxyl groups is 1. The summed E-state index contributed by atoms with van der Waals surface area (Å²) in [6.45, 7) is -0.460. The molecule has 1 rings (SSSR count). The summed E-state index contributed by atoms with van der Waals surface area (Å²) >= 11 is 0. The van der Waals surface area contributed by atoms with Crippen LogP contribution in [0.1, 0.15) is 5.56 Å². The van der Waals surface area contributed by atoms with E-state index in [-0.39, 0.29) is 22.8 Å². The Balaban J connectivity index is 3.25. The minimum Gasteiger partial charge on any atom is -0.508 e. The van der Waals surface area contributed by atoms with E-state index in [9.17, 15) is 0 Å². The van der Waals surface area contributed by atoms with Crippen molar-refractivity contribution in [3.8, 4) is 17.2 Å². The van der Waals surface area contributed by atoms with E-state index in [0.29, 0.717) is 0 Å². The van der Waals surface area contributed by atoms with Gasteiger partial charge in [0.2, 0.25) is 0 Å². The molecule has 4 heteroatoms. The van der Waals surface area contributed by atoms with Crippen LogP contribution in [0, 0.1) is 0 Å². The summed E-state index contributed by atoms with van der Waals surface area (Å²) in [6.07, 6.45) is 0. The van der Waals surface area contributed by atoms with Gasteiger partial charge in [0, 0.05) is 12.1 Å². The lowest BCUT2D eigenvalue weighted by Gasteiger charge is -2.03. The predicted molar refractivity (Wildman–Crippen MR) is 37.4 cm³/mol. The molecular weight excluding hydrogens is 148 g/mol. The highest BCUT2D eigenvalue weighted by Crippen LogP contribution is 2.31. The maximum atomic E-state index is 8.99. The lowest BCUT2D eigenvalue weighted by molar-refractivity contribution is 0.268. The Morgan fingerprint density at radius 2 is 1.45 bits per heavy atom. The van der Waals surface area contributed by atoms with Crippen LogP contribution in [0.2, 0.25) is 0 Å². The Bertz CT molecular complexity index is 246. The second kappa shape index (κ2) is 2.67. The number of rotatable bonds is 1. The Morgan fingerprint density at radius 3 is 1.82 bits per heavy atom. The smallest absolute Gasteiger partial charge is 0.128 e. The van der Waals surface area contributed by atoms with Gasteiger partial charge in [-0.15, -0.1) is 0 Å². The van der Waals surface area contributed by atoms with E-state index in [1.54, 1.807) is 0 Å². The molecular formula is C7H8O4. The monoisotopic (exact) mass is 156 g/mol. The van der Waals surface area contributed by atoms with Crippen molar-refractivity contribution in [2.45, 2.75) is 6.61 Å². The summed E-state index contributed by atoms with van der Waals surface area (Å²) in [7, 11) is 0. The summed E-state index contributed by atoms with van der Waals surface area (Å²) in [5.41, 5.74) is 0.0165. The van der Waals surface area contributed by atoms with Gasteiger partial charge in [0.25, 0.3) is 0 Å². The second-order valence-electron chi connectivity index (χ2n) is 2.12. The van der Waals surface area contributed by atoms with E-state index in [1.807, 2.05) is 0 Å². The average molecular weight is 156 g/mol. The number of aromatic hydroxyl groups is 3. The fourth-order valence-corrected chi connectivity index (χ4v) is 0.789. The third-order valence-electron chi connectivity index (χ3n) is 1.35. The maximum absolute atomic E-state index is 8.99. The van der Waals surface area contributed by atoms with Gasteiger partial charge in [-0.25, -0.2) is 0 Å². The number of phenols is 3. The summed E-state index contributed by atoms with van der Waals surface area (Å²) in [5, 5.41) is 35.4. The molecule has 0 aliphatic carbocycles. The van der Waals surface area contributed by atoms with E-state index in [2.05, 4.69) is 0 Å². The van der Waals surface area contributed by atoms with Crippen LogP contribution in [0.4, 0.5) is 0 Å². The highest BCUT2D eigenvalue weighted by molar-refractivity contribution is 5.48. The first kappa shape index (κ1) is 7.68. The van der Waals surface area contributed by atoms with E-state index in [0.717, 1.165) is 12.1 Å². The summed E-state index contributed by atoms with van der Waals surface area (Å²) < 4.78 is 0. The van der Waals surface area contributed by atoms with Gasteiger partial charge in [0.1, 0.15) is 17.2 Å².